The summed E-state index contributed by atoms with van der Waals surface area (Å²) in [4.78, 5) is 8.51. The van der Waals surface area contributed by atoms with E-state index in [4.69, 9.17) is 24.9 Å². The molecule has 368 valence electrons. The highest BCUT2D eigenvalue weighted by molar-refractivity contribution is 8.13. The Bertz CT molecular complexity index is 2530. The summed E-state index contributed by atoms with van der Waals surface area (Å²) in [6, 6.07) is 5.74. The lowest BCUT2D eigenvalue weighted by atomic mass is 9.99. The van der Waals surface area contributed by atoms with E-state index in [1.807, 2.05) is 0 Å². The Labute approximate surface area is 402 Å². The number of nitrogens with zero attached hydrogens (tertiary/aromatic N) is 6. The Kier molecular flexibility index (Phi) is 16.2. The van der Waals surface area contributed by atoms with Crippen LogP contribution < -0.4 is 10.6 Å². The number of methoxy groups -OCH3 is 2. The molecule has 16 nitrogen and oxygen atoms in total. The fourth-order valence-electron chi connectivity index (χ4n) is 10.6. The van der Waals surface area contributed by atoms with Crippen LogP contribution in [0.2, 0.25) is 25.7 Å². The molecule has 2 aromatic heterocycles. The predicted octanol–water partition coefficient (Wildman–Crippen LogP) is 8.24. The minimum Gasteiger partial charge on any atom is -0.384 e. The highest BCUT2D eigenvalue weighted by Gasteiger charge is 2.35. The number of hydrogen-bond acceptors (Lipinski definition) is 13. The zero-order valence-corrected chi connectivity index (χ0v) is 43.4. The van der Waals surface area contributed by atoms with Gasteiger partial charge in [-0.3, -0.25) is 0 Å². The summed E-state index contributed by atoms with van der Waals surface area (Å²) < 4.78 is 68.5. The quantitative estimate of drug-likeness (QED) is 0.0552. The fraction of sp³-hybridized carbons (Fsp3) is 0.660. The molecule has 1 saturated carbocycles. The van der Waals surface area contributed by atoms with Crippen LogP contribution in [-0.4, -0.2) is 106 Å². The molecule has 3 N–H and O–H groups in total. The van der Waals surface area contributed by atoms with Crippen LogP contribution in [0.1, 0.15) is 102 Å². The topological polar surface area (TPSA) is 196 Å². The van der Waals surface area contributed by atoms with Crippen molar-refractivity contribution in [1.82, 2.24) is 34.3 Å². The summed E-state index contributed by atoms with van der Waals surface area (Å²) in [5, 5.41) is 17.2. The van der Waals surface area contributed by atoms with E-state index in [0.29, 0.717) is 38.2 Å². The number of halogens is 1. The second-order valence-electron chi connectivity index (χ2n) is 20.3. The van der Waals surface area contributed by atoms with Gasteiger partial charge in [0.25, 0.3) is 29.4 Å². The third kappa shape index (κ3) is 12.1. The standard InChI is InChI=1S/C20H29ClN4O3SSi.C20H27N5O3S.C7H14O/c1-30(2,3)11-10-28-13-25-19(23-20(24-25)29(21,26)27)22-18-16-8-4-6-14(16)12-15-7-5-9-17(15)18;1-28-12-13-8-9-25(11-13)29(26,27)20-22-19(23-24-20)21-18-16-6-2-4-14(16)10-15-5-3-7-17(15)18;1-8-6-7-4-2-3-5-7/h12H,4-11,13H2,1-3H3,(H,22,23,24);10,13H,2-9,11-12H2,1H3,(H2,21,22,23,24);7H,2-6H2,1H3. The number of hydrogen-bond donors (Lipinski definition) is 3. The first-order chi connectivity index (χ1) is 32.1. The lowest BCUT2D eigenvalue weighted by Gasteiger charge is -2.18. The molecule has 1 saturated heterocycles. The summed E-state index contributed by atoms with van der Waals surface area (Å²) in [5.74, 6) is 1.80. The largest absolute Gasteiger partial charge is 0.384 e. The van der Waals surface area contributed by atoms with Crippen LogP contribution in [0, 0.1) is 11.8 Å². The van der Waals surface area contributed by atoms with Gasteiger partial charge in [0.05, 0.1) is 6.61 Å². The Balaban J connectivity index is 0.000000156. The van der Waals surface area contributed by atoms with E-state index in [1.165, 1.54) is 79.2 Å². The third-order valence-corrected chi connectivity index (χ3v) is 18.5. The van der Waals surface area contributed by atoms with Gasteiger partial charge in [0.15, 0.2) is 0 Å². The first-order valence-electron chi connectivity index (χ1n) is 24.4. The molecule has 1 aliphatic heterocycles. The zero-order chi connectivity index (χ0) is 47.3. The van der Waals surface area contributed by atoms with Crippen LogP contribution in [-0.2, 0) is 91.4 Å². The summed E-state index contributed by atoms with van der Waals surface area (Å²) in [7, 11) is 0.0279. The van der Waals surface area contributed by atoms with Crippen molar-refractivity contribution in [1.29, 1.82) is 0 Å². The Morgan fingerprint density at radius 3 is 1.79 bits per heavy atom. The van der Waals surface area contributed by atoms with Crippen LogP contribution in [0.3, 0.4) is 0 Å². The lowest BCUT2D eigenvalue weighted by molar-refractivity contribution is 0.0792. The highest BCUT2D eigenvalue weighted by Crippen LogP contribution is 2.41. The van der Waals surface area contributed by atoms with Crippen LogP contribution in [0.25, 0.3) is 0 Å². The summed E-state index contributed by atoms with van der Waals surface area (Å²) in [6.45, 7) is 10.1. The maximum atomic E-state index is 12.9. The SMILES string of the molecule is COCC1CCCC1.COCC1CCN(S(=O)(=O)c2nc(Nc3c4c(cc5c3CCC5)CCC4)n[nH]2)C1.C[Si](C)(C)CCOCn1nc(S(=O)(=O)Cl)nc1Nc1c2c(cc3c1CCC3)CCC2. The molecule has 0 amide bonds. The number of anilines is 4. The van der Waals surface area contributed by atoms with Crippen molar-refractivity contribution in [2.75, 3.05) is 57.8 Å². The number of H-pyrrole nitrogens is 1. The smallest absolute Gasteiger partial charge is 0.298 e. The summed E-state index contributed by atoms with van der Waals surface area (Å²) >= 11 is 0. The molecule has 10 rings (SSSR count). The molecular formula is C47H70ClN9O7S2Si. The molecule has 0 radical (unpaired) electrons. The van der Waals surface area contributed by atoms with Crippen LogP contribution in [0.15, 0.2) is 22.4 Å². The minimum absolute atomic E-state index is 0.0951. The highest BCUT2D eigenvalue weighted by atomic mass is 35.7. The number of aromatic amines is 1. The number of rotatable bonds is 16. The van der Waals surface area contributed by atoms with Crippen molar-refractivity contribution in [2.24, 2.45) is 11.8 Å². The van der Waals surface area contributed by atoms with Crippen molar-refractivity contribution >= 4 is 61.1 Å². The van der Waals surface area contributed by atoms with E-state index < -0.39 is 32.3 Å². The molecule has 1 unspecified atom stereocenters. The Morgan fingerprint density at radius 2 is 1.27 bits per heavy atom. The Hall–Kier alpha value is -3.43. The second kappa shape index (κ2) is 21.7. The van der Waals surface area contributed by atoms with Gasteiger partial charge in [0.2, 0.25) is 11.9 Å². The van der Waals surface area contributed by atoms with Gasteiger partial charge < -0.3 is 24.8 Å². The molecule has 6 aliphatic rings. The van der Waals surface area contributed by atoms with Crippen molar-refractivity contribution in [3.63, 3.8) is 0 Å². The molecule has 20 heteroatoms. The van der Waals surface area contributed by atoms with E-state index in [-0.39, 0.29) is 17.8 Å². The van der Waals surface area contributed by atoms with Gasteiger partial charge in [0.1, 0.15) is 6.73 Å². The van der Waals surface area contributed by atoms with E-state index >= 15 is 0 Å². The number of aryl methyl sites for hydroxylation is 4. The van der Waals surface area contributed by atoms with Gasteiger partial charge >= 0.3 is 0 Å². The van der Waals surface area contributed by atoms with Gasteiger partial charge in [0, 0.05) is 70.7 Å². The molecule has 2 aromatic carbocycles. The summed E-state index contributed by atoms with van der Waals surface area (Å²) in [5.41, 5.74) is 13.1. The van der Waals surface area contributed by atoms with Crippen LogP contribution in [0.4, 0.5) is 23.3 Å². The van der Waals surface area contributed by atoms with E-state index in [1.54, 1.807) is 14.2 Å². The predicted molar refractivity (Wildman–Crippen MR) is 264 cm³/mol. The number of fused-ring (bicyclic) bond motifs is 4. The molecule has 1 atom stereocenters. The second-order valence-corrected chi connectivity index (χ2v) is 30.2. The first-order valence-corrected chi connectivity index (χ1v) is 31.8. The van der Waals surface area contributed by atoms with Gasteiger partial charge in [-0.05, 0) is 159 Å². The molecule has 2 fully saturated rings. The van der Waals surface area contributed by atoms with Gasteiger partial charge in [-0.25, -0.2) is 26.6 Å². The molecule has 5 aliphatic carbocycles. The molecule has 67 heavy (non-hydrogen) atoms. The fourth-order valence-corrected chi connectivity index (χ4v) is 13.3. The van der Waals surface area contributed by atoms with Crippen molar-refractivity contribution in [3.05, 3.63) is 56.6 Å². The van der Waals surface area contributed by atoms with E-state index in [0.717, 1.165) is 113 Å². The number of ether oxygens (including phenoxy) is 3. The maximum absolute atomic E-state index is 12.9. The van der Waals surface area contributed by atoms with Crippen LogP contribution in [0.5, 0.6) is 0 Å². The minimum atomic E-state index is -4.03. The van der Waals surface area contributed by atoms with E-state index in [9.17, 15) is 16.8 Å². The normalized spacial score (nSPS) is 19.1. The van der Waals surface area contributed by atoms with Crippen molar-refractivity contribution in [2.45, 2.75) is 152 Å². The number of aromatic nitrogens is 6. The van der Waals surface area contributed by atoms with Crippen LogP contribution >= 0.6 is 10.7 Å². The molecule has 3 heterocycles. The number of sulfonamides is 1. The lowest BCUT2D eigenvalue weighted by Crippen LogP contribution is -2.30. The van der Waals surface area contributed by atoms with Gasteiger partial charge in [-0.1, -0.05) is 44.6 Å². The van der Waals surface area contributed by atoms with Crippen molar-refractivity contribution < 1.29 is 31.0 Å². The number of benzene rings is 2. The molecular weight excluding hydrogens is 930 g/mol. The van der Waals surface area contributed by atoms with Gasteiger partial charge in [-0.15, -0.1) is 10.2 Å². The maximum Gasteiger partial charge on any atom is 0.298 e. The van der Waals surface area contributed by atoms with Crippen molar-refractivity contribution in [3.8, 4) is 0 Å². The molecule has 0 bridgehead atoms. The Morgan fingerprint density at radius 1 is 0.731 bits per heavy atom. The summed E-state index contributed by atoms with van der Waals surface area (Å²) in [6.07, 6.45) is 19.6. The first kappa shape index (κ1) is 50.0. The molecule has 0 spiro atoms. The average Bonchev–Trinajstić information content (AvgIpc) is 4.12. The zero-order valence-electron chi connectivity index (χ0n) is 40.0. The third-order valence-electron chi connectivity index (χ3n) is 14.1. The number of nitrogens with one attached hydrogen (secondary N) is 3. The average molecular weight is 1000 g/mol. The van der Waals surface area contributed by atoms with Gasteiger partial charge in [-0.2, -0.15) is 14.3 Å². The van der Waals surface area contributed by atoms with E-state index in [2.05, 4.69) is 67.7 Å². The monoisotopic (exact) mass is 999 g/mol. The molecule has 4 aromatic rings.